The number of halogens is 3. The molecule has 24 heavy (non-hydrogen) atoms. The molecule has 3 aromatic heterocycles. The number of aryl methyl sites for hydroxylation is 1. The fourth-order valence-electron chi connectivity index (χ4n) is 2.32. The van der Waals surface area contributed by atoms with Crippen LogP contribution >= 0.6 is 0 Å². The minimum atomic E-state index is -4.55. The van der Waals surface area contributed by atoms with E-state index in [2.05, 4.69) is 20.2 Å². The Hall–Kier alpha value is -2.53. The molecule has 0 aliphatic rings. The summed E-state index contributed by atoms with van der Waals surface area (Å²) in [6, 6.07) is 2.46. The Morgan fingerprint density at radius 1 is 1.12 bits per heavy atom. The number of fused-ring (bicyclic) bond motifs is 1. The molecule has 3 heterocycles. The number of hydrogen-bond donors (Lipinski definition) is 0. The molecule has 128 valence electrons. The standard InChI is InChI=1S/C13H13F3N6O2/c1-21-8(5-10(20-21)13(14,15)16)9-4-7(11(23-2)24-3)19-12-17-6-18-22(9)12/h4-6,11H,1-3H3. The van der Waals surface area contributed by atoms with Gasteiger partial charge in [0.15, 0.2) is 5.69 Å². The summed E-state index contributed by atoms with van der Waals surface area (Å²) in [5.74, 6) is 0.205. The topological polar surface area (TPSA) is 79.4 Å². The molecule has 0 aliphatic carbocycles. The molecule has 0 unspecified atom stereocenters. The van der Waals surface area contributed by atoms with Crippen LogP contribution in [0.25, 0.3) is 17.2 Å². The van der Waals surface area contributed by atoms with Crippen molar-refractivity contribution in [2.75, 3.05) is 14.2 Å². The summed E-state index contributed by atoms with van der Waals surface area (Å²) in [5.41, 5.74) is -0.114. The van der Waals surface area contributed by atoms with E-state index >= 15 is 0 Å². The SMILES string of the molecule is COC(OC)c1cc(-c2cc(C(F)(F)F)nn2C)n2ncnc2n1. The second kappa shape index (κ2) is 5.83. The second-order valence-corrected chi connectivity index (χ2v) is 4.88. The van der Waals surface area contributed by atoms with Gasteiger partial charge in [-0.3, -0.25) is 4.68 Å². The highest BCUT2D eigenvalue weighted by molar-refractivity contribution is 5.59. The molecule has 3 rings (SSSR count). The molecule has 0 saturated heterocycles. The minimum Gasteiger partial charge on any atom is -0.350 e. The van der Waals surface area contributed by atoms with E-state index in [1.54, 1.807) is 0 Å². The highest BCUT2D eigenvalue weighted by Gasteiger charge is 2.35. The number of hydrogen-bond acceptors (Lipinski definition) is 6. The molecule has 0 fully saturated rings. The van der Waals surface area contributed by atoms with Crippen molar-refractivity contribution in [2.24, 2.45) is 7.05 Å². The quantitative estimate of drug-likeness (QED) is 0.673. The first-order valence-electron chi connectivity index (χ1n) is 6.73. The van der Waals surface area contributed by atoms with Gasteiger partial charge in [0.1, 0.15) is 12.0 Å². The fraction of sp³-hybridized carbons (Fsp3) is 0.385. The number of methoxy groups -OCH3 is 2. The van der Waals surface area contributed by atoms with E-state index in [-0.39, 0.29) is 11.5 Å². The van der Waals surface area contributed by atoms with Crippen molar-refractivity contribution in [1.29, 1.82) is 0 Å². The van der Waals surface area contributed by atoms with Crippen molar-refractivity contribution in [3.63, 3.8) is 0 Å². The average Bonchev–Trinajstić information content (AvgIpc) is 3.13. The van der Waals surface area contributed by atoms with Gasteiger partial charge in [-0.25, -0.2) is 4.98 Å². The van der Waals surface area contributed by atoms with E-state index in [1.807, 2.05) is 0 Å². The number of alkyl halides is 3. The van der Waals surface area contributed by atoms with Crippen molar-refractivity contribution in [3.05, 3.63) is 29.8 Å². The lowest BCUT2D eigenvalue weighted by Gasteiger charge is -2.14. The van der Waals surface area contributed by atoms with Gasteiger partial charge in [-0.05, 0) is 12.1 Å². The normalized spacial score (nSPS) is 12.5. The lowest BCUT2D eigenvalue weighted by Crippen LogP contribution is -2.10. The molecule has 0 atom stereocenters. The summed E-state index contributed by atoms with van der Waals surface area (Å²) in [7, 11) is 4.27. The van der Waals surface area contributed by atoms with Crippen LogP contribution in [0.4, 0.5) is 13.2 Å². The molecule has 0 saturated carbocycles. The zero-order valence-electron chi connectivity index (χ0n) is 12.9. The molecule has 0 radical (unpaired) electrons. The number of rotatable bonds is 4. The molecule has 3 aromatic rings. The minimum absolute atomic E-state index is 0.201. The van der Waals surface area contributed by atoms with Crippen LogP contribution in [0.1, 0.15) is 17.7 Å². The van der Waals surface area contributed by atoms with Crippen molar-refractivity contribution in [1.82, 2.24) is 29.4 Å². The third-order valence-electron chi connectivity index (χ3n) is 3.37. The first-order chi connectivity index (χ1) is 11.3. The van der Waals surface area contributed by atoms with Crippen LogP contribution in [-0.2, 0) is 22.7 Å². The van der Waals surface area contributed by atoms with Crippen LogP contribution < -0.4 is 0 Å². The van der Waals surface area contributed by atoms with Crippen LogP contribution in [0.5, 0.6) is 0 Å². The van der Waals surface area contributed by atoms with E-state index in [9.17, 15) is 13.2 Å². The van der Waals surface area contributed by atoms with Gasteiger partial charge in [0.25, 0.3) is 5.78 Å². The van der Waals surface area contributed by atoms with Gasteiger partial charge in [0, 0.05) is 21.3 Å². The number of nitrogens with zero attached hydrogens (tertiary/aromatic N) is 6. The summed E-state index contributed by atoms with van der Waals surface area (Å²) in [6.07, 6.45) is -4.08. The molecule has 0 bridgehead atoms. The molecular formula is C13H13F3N6O2. The first-order valence-corrected chi connectivity index (χ1v) is 6.73. The van der Waals surface area contributed by atoms with Gasteiger partial charge in [0.05, 0.1) is 11.4 Å². The Morgan fingerprint density at radius 3 is 2.42 bits per heavy atom. The summed E-state index contributed by atoms with van der Waals surface area (Å²) in [5, 5.41) is 7.51. The third kappa shape index (κ3) is 2.71. The number of aromatic nitrogens is 6. The van der Waals surface area contributed by atoms with Crippen LogP contribution in [0, 0.1) is 0 Å². The van der Waals surface area contributed by atoms with Gasteiger partial charge in [-0.2, -0.15) is 32.9 Å². The van der Waals surface area contributed by atoms with E-state index in [1.165, 1.54) is 38.2 Å². The molecule has 0 aliphatic heterocycles. The van der Waals surface area contributed by atoms with E-state index in [0.29, 0.717) is 11.4 Å². The monoisotopic (exact) mass is 342 g/mol. The van der Waals surface area contributed by atoms with Gasteiger partial charge >= 0.3 is 6.18 Å². The van der Waals surface area contributed by atoms with E-state index in [0.717, 1.165) is 10.7 Å². The van der Waals surface area contributed by atoms with Crippen LogP contribution in [0.2, 0.25) is 0 Å². The van der Waals surface area contributed by atoms with Crippen molar-refractivity contribution in [3.8, 4) is 11.4 Å². The lowest BCUT2D eigenvalue weighted by molar-refractivity contribution is -0.141. The Morgan fingerprint density at radius 2 is 1.83 bits per heavy atom. The van der Waals surface area contributed by atoms with E-state index in [4.69, 9.17) is 9.47 Å². The smallest absolute Gasteiger partial charge is 0.350 e. The second-order valence-electron chi connectivity index (χ2n) is 4.88. The molecule has 0 spiro atoms. The highest BCUT2D eigenvalue weighted by atomic mass is 19.4. The maximum absolute atomic E-state index is 12.9. The number of ether oxygens (including phenoxy) is 2. The maximum atomic E-state index is 12.9. The molecule has 11 heteroatoms. The van der Waals surface area contributed by atoms with Gasteiger partial charge in [-0.15, -0.1) is 0 Å². The summed E-state index contributed by atoms with van der Waals surface area (Å²) in [4.78, 5) is 8.22. The summed E-state index contributed by atoms with van der Waals surface area (Å²) < 4.78 is 51.5. The Kier molecular flexibility index (Phi) is 3.97. The molecule has 0 amide bonds. The maximum Gasteiger partial charge on any atom is 0.435 e. The van der Waals surface area contributed by atoms with Crippen molar-refractivity contribution >= 4 is 5.78 Å². The predicted octanol–water partition coefficient (Wildman–Crippen LogP) is 1.83. The van der Waals surface area contributed by atoms with Gasteiger partial charge < -0.3 is 9.47 Å². The summed E-state index contributed by atoms with van der Waals surface area (Å²) >= 11 is 0. The zero-order valence-corrected chi connectivity index (χ0v) is 12.9. The van der Waals surface area contributed by atoms with Crippen LogP contribution in [0.3, 0.4) is 0 Å². The molecular weight excluding hydrogens is 329 g/mol. The molecule has 0 N–H and O–H groups in total. The van der Waals surface area contributed by atoms with Crippen LogP contribution in [-0.4, -0.2) is 43.6 Å². The first kappa shape index (κ1) is 16.3. The summed E-state index contributed by atoms with van der Waals surface area (Å²) in [6.45, 7) is 0. The lowest BCUT2D eigenvalue weighted by atomic mass is 10.2. The Labute approximate surface area is 133 Å². The molecule has 0 aromatic carbocycles. The van der Waals surface area contributed by atoms with Gasteiger partial charge in [0.2, 0.25) is 6.29 Å². The Balaban J connectivity index is 2.22. The van der Waals surface area contributed by atoms with Crippen LogP contribution in [0.15, 0.2) is 18.5 Å². The zero-order chi connectivity index (χ0) is 17.5. The van der Waals surface area contributed by atoms with Crippen molar-refractivity contribution < 1.29 is 22.6 Å². The van der Waals surface area contributed by atoms with E-state index < -0.39 is 18.2 Å². The van der Waals surface area contributed by atoms with Gasteiger partial charge in [-0.1, -0.05) is 0 Å². The largest absolute Gasteiger partial charge is 0.435 e. The predicted molar refractivity (Wildman–Crippen MR) is 74.7 cm³/mol. The third-order valence-corrected chi connectivity index (χ3v) is 3.37. The average molecular weight is 342 g/mol. The highest BCUT2D eigenvalue weighted by Crippen LogP contribution is 2.32. The van der Waals surface area contributed by atoms with Crippen molar-refractivity contribution in [2.45, 2.75) is 12.5 Å². The molecule has 8 nitrogen and oxygen atoms in total. The fourth-order valence-corrected chi connectivity index (χ4v) is 2.32. The Bertz CT molecular complexity index is 868.